The zero-order valence-electron chi connectivity index (χ0n) is 18.4. The molecule has 1 N–H and O–H groups in total. The molecule has 5 rings (SSSR count). The van der Waals surface area contributed by atoms with Crippen molar-refractivity contribution in [2.24, 2.45) is 0 Å². The maximum Gasteiger partial charge on any atom is 0.281 e. The third-order valence-corrected chi connectivity index (χ3v) is 7.30. The van der Waals surface area contributed by atoms with Crippen LogP contribution in [0.5, 0.6) is 0 Å². The van der Waals surface area contributed by atoms with Crippen molar-refractivity contribution in [3.05, 3.63) is 87.8 Å². The SMILES string of the molecule is Cc1sc2ncn(NC(=O)CSc3nc(-c4ccccc4)c(-c4ccccc4)o3)c(=O)c2c1C. The summed E-state index contributed by atoms with van der Waals surface area (Å²) in [5.74, 6) is 0.303. The molecule has 0 saturated carbocycles. The van der Waals surface area contributed by atoms with Crippen LogP contribution in [0.25, 0.3) is 32.8 Å². The molecule has 0 aliphatic carbocycles. The number of nitrogens with one attached hydrogen (secondary N) is 1. The number of rotatable bonds is 6. The lowest BCUT2D eigenvalue weighted by atomic mass is 10.1. The number of fused-ring (bicyclic) bond motifs is 1. The summed E-state index contributed by atoms with van der Waals surface area (Å²) in [5, 5.41) is 0.906. The van der Waals surface area contributed by atoms with Crippen molar-refractivity contribution in [3.8, 4) is 22.6 Å². The first-order chi connectivity index (χ1) is 16.5. The van der Waals surface area contributed by atoms with E-state index < -0.39 is 0 Å². The van der Waals surface area contributed by atoms with E-state index in [1.807, 2.05) is 74.5 Å². The van der Waals surface area contributed by atoms with E-state index in [1.54, 1.807) is 0 Å². The van der Waals surface area contributed by atoms with Crippen molar-refractivity contribution in [1.29, 1.82) is 0 Å². The normalized spacial score (nSPS) is 11.1. The molecule has 2 aromatic carbocycles. The van der Waals surface area contributed by atoms with Crippen molar-refractivity contribution in [2.45, 2.75) is 19.1 Å². The molecule has 0 saturated heterocycles. The van der Waals surface area contributed by atoms with Gasteiger partial charge in [-0.05, 0) is 19.4 Å². The summed E-state index contributed by atoms with van der Waals surface area (Å²) in [7, 11) is 0. The van der Waals surface area contributed by atoms with E-state index in [0.29, 0.717) is 26.9 Å². The van der Waals surface area contributed by atoms with E-state index in [9.17, 15) is 9.59 Å². The van der Waals surface area contributed by atoms with Gasteiger partial charge in [0.1, 0.15) is 16.9 Å². The van der Waals surface area contributed by atoms with Crippen molar-refractivity contribution in [2.75, 3.05) is 11.2 Å². The summed E-state index contributed by atoms with van der Waals surface area (Å²) >= 11 is 2.63. The third kappa shape index (κ3) is 4.27. The fourth-order valence-electron chi connectivity index (χ4n) is 3.55. The molecule has 34 heavy (non-hydrogen) atoms. The standard InChI is InChI=1S/C25H20N4O3S2/c1-15-16(2)34-23-20(15)24(31)29(14-26-23)28-19(30)13-33-25-27-21(17-9-5-3-6-10-17)22(32-25)18-11-7-4-8-12-18/h3-12,14H,13H2,1-2H3,(H,28,30). The van der Waals surface area contributed by atoms with Gasteiger partial charge in [0.2, 0.25) is 5.91 Å². The van der Waals surface area contributed by atoms with Crippen molar-refractivity contribution in [1.82, 2.24) is 14.6 Å². The van der Waals surface area contributed by atoms with Crippen LogP contribution in [0.15, 0.2) is 81.4 Å². The molecule has 0 bridgehead atoms. The molecule has 0 atom stereocenters. The number of nitrogens with zero attached hydrogens (tertiary/aromatic N) is 3. The van der Waals surface area contributed by atoms with Gasteiger partial charge >= 0.3 is 0 Å². The molecule has 3 heterocycles. The van der Waals surface area contributed by atoms with Crippen molar-refractivity contribution in [3.63, 3.8) is 0 Å². The number of hydrogen-bond acceptors (Lipinski definition) is 7. The molecule has 7 nitrogen and oxygen atoms in total. The molecule has 3 aromatic heterocycles. The highest BCUT2D eigenvalue weighted by atomic mass is 32.2. The molecular weight excluding hydrogens is 468 g/mol. The van der Waals surface area contributed by atoms with Crippen LogP contribution in [0.4, 0.5) is 0 Å². The maximum atomic E-state index is 12.8. The quantitative estimate of drug-likeness (QED) is 0.328. The van der Waals surface area contributed by atoms with Crippen LogP contribution in [0.1, 0.15) is 10.4 Å². The first kappa shape index (κ1) is 22.1. The number of aromatic nitrogens is 3. The lowest BCUT2D eigenvalue weighted by molar-refractivity contribution is -0.114. The molecule has 0 aliphatic rings. The fourth-order valence-corrected chi connectivity index (χ4v) is 5.15. The van der Waals surface area contributed by atoms with Crippen LogP contribution in [-0.4, -0.2) is 26.3 Å². The van der Waals surface area contributed by atoms with E-state index in [4.69, 9.17) is 4.42 Å². The second-order valence-corrected chi connectivity index (χ2v) is 9.73. The average molecular weight is 489 g/mol. The minimum absolute atomic E-state index is 0.0229. The molecule has 0 spiro atoms. The van der Waals surface area contributed by atoms with Gasteiger partial charge in [-0.25, -0.2) is 14.6 Å². The van der Waals surface area contributed by atoms with E-state index in [2.05, 4.69) is 15.4 Å². The fraction of sp³-hybridized carbons (Fsp3) is 0.120. The summed E-state index contributed by atoms with van der Waals surface area (Å²) in [6.07, 6.45) is 1.34. The molecule has 0 unspecified atom stereocenters. The van der Waals surface area contributed by atoms with E-state index in [1.165, 1.54) is 29.4 Å². The van der Waals surface area contributed by atoms with Gasteiger partial charge in [0.05, 0.1) is 11.1 Å². The van der Waals surface area contributed by atoms with Gasteiger partial charge in [0, 0.05) is 16.0 Å². The van der Waals surface area contributed by atoms with Crippen LogP contribution in [-0.2, 0) is 4.79 Å². The highest BCUT2D eigenvalue weighted by Gasteiger charge is 2.19. The van der Waals surface area contributed by atoms with E-state index in [0.717, 1.165) is 26.2 Å². The minimum Gasteiger partial charge on any atom is -0.431 e. The Morgan fingerprint density at radius 2 is 1.74 bits per heavy atom. The number of amides is 1. The molecule has 0 fully saturated rings. The summed E-state index contributed by atoms with van der Waals surface area (Å²) in [6.45, 7) is 3.83. The van der Waals surface area contributed by atoms with Gasteiger partial charge in [-0.3, -0.25) is 15.0 Å². The Morgan fingerprint density at radius 3 is 2.44 bits per heavy atom. The third-order valence-electron chi connectivity index (χ3n) is 5.35. The maximum absolute atomic E-state index is 12.8. The minimum atomic E-state index is -0.362. The molecule has 0 aliphatic heterocycles. The Balaban J connectivity index is 1.36. The Labute approximate surface area is 203 Å². The van der Waals surface area contributed by atoms with Gasteiger partial charge in [0.15, 0.2) is 5.76 Å². The first-order valence-electron chi connectivity index (χ1n) is 10.5. The average Bonchev–Trinajstić information content (AvgIpc) is 3.42. The highest BCUT2D eigenvalue weighted by molar-refractivity contribution is 7.99. The molecule has 170 valence electrons. The number of hydrogen-bond donors (Lipinski definition) is 1. The summed E-state index contributed by atoms with van der Waals surface area (Å²) in [4.78, 5) is 36.1. The number of carbonyl (C=O) groups excluding carboxylic acids is 1. The zero-order chi connectivity index (χ0) is 23.7. The Morgan fingerprint density at radius 1 is 1.06 bits per heavy atom. The van der Waals surface area contributed by atoms with Gasteiger partial charge < -0.3 is 4.42 Å². The Kier molecular flexibility index (Phi) is 6.04. The highest BCUT2D eigenvalue weighted by Crippen LogP contribution is 2.35. The van der Waals surface area contributed by atoms with Crippen LogP contribution in [0, 0.1) is 13.8 Å². The number of thiophene rings is 1. The van der Waals surface area contributed by atoms with Gasteiger partial charge in [-0.1, -0.05) is 72.4 Å². The van der Waals surface area contributed by atoms with Gasteiger partial charge in [-0.2, -0.15) is 0 Å². The molecule has 5 aromatic rings. The van der Waals surface area contributed by atoms with Gasteiger partial charge in [-0.15, -0.1) is 11.3 Å². The summed E-state index contributed by atoms with van der Waals surface area (Å²) < 4.78 is 7.18. The Bertz CT molecular complexity index is 1480. The van der Waals surface area contributed by atoms with Crippen molar-refractivity contribution < 1.29 is 9.21 Å². The van der Waals surface area contributed by atoms with Gasteiger partial charge in [0.25, 0.3) is 10.8 Å². The molecular formula is C25H20N4O3S2. The Hall–Kier alpha value is -3.69. The number of thioether (sulfide) groups is 1. The largest absolute Gasteiger partial charge is 0.431 e. The number of aryl methyl sites for hydroxylation is 2. The van der Waals surface area contributed by atoms with Crippen LogP contribution < -0.4 is 11.0 Å². The number of oxazole rings is 1. The van der Waals surface area contributed by atoms with E-state index >= 15 is 0 Å². The topological polar surface area (TPSA) is 90.0 Å². The van der Waals surface area contributed by atoms with Crippen LogP contribution >= 0.6 is 23.1 Å². The summed E-state index contributed by atoms with van der Waals surface area (Å²) in [6, 6.07) is 19.5. The number of benzene rings is 2. The second kappa shape index (κ2) is 9.28. The monoisotopic (exact) mass is 488 g/mol. The molecule has 1 amide bonds. The lowest BCUT2D eigenvalue weighted by Crippen LogP contribution is -2.34. The van der Waals surface area contributed by atoms with Crippen LogP contribution in [0.2, 0.25) is 0 Å². The van der Waals surface area contributed by atoms with Crippen molar-refractivity contribution >= 4 is 39.2 Å². The zero-order valence-corrected chi connectivity index (χ0v) is 20.1. The lowest BCUT2D eigenvalue weighted by Gasteiger charge is -2.06. The number of carbonyl (C=O) groups is 1. The van der Waals surface area contributed by atoms with E-state index in [-0.39, 0.29) is 17.2 Å². The summed E-state index contributed by atoms with van der Waals surface area (Å²) in [5.41, 5.74) is 5.74. The predicted octanol–water partition coefficient (Wildman–Crippen LogP) is 5.26. The molecule has 0 radical (unpaired) electrons. The second-order valence-electron chi connectivity index (χ2n) is 7.60. The van der Waals surface area contributed by atoms with Crippen LogP contribution in [0.3, 0.4) is 0 Å². The first-order valence-corrected chi connectivity index (χ1v) is 12.3. The molecule has 9 heteroatoms. The smallest absolute Gasteiger partial charge is 0.281 e. The predicted molar refractivity (Wildman–Crippen MR) is 136 cm³/mol.